The zero-order valence-electron chi connectivity index (χ0n) is 14.1. The first kappa shape index (κ1) is 18.2. The van der Waals surface area contributed by atoms with Gasteiger partial charge in [-0.05, 0) is 18.8 Å². The Labute approximate surface area is 141 Å². The first-order valence-corrected chi connectivity index (χ1v) is 8.39. The van der Waals surface area contributed by atoms with Gasteiger partial charge in [-0.25, -0.2) is 4.79 Å². The van der Waals surface area contributed by atoms with Gasteiger partial charge >= 0.3 is 12.0 Å². The summed E-state index contributed by atoms with van der Waals surface area (Å²) in [6.45, 7) is 3.73. The Hall–Kier alpha value is -2.12. The Kier molecular flexibility index (Phi) is 5.80. The third-order valence-corrected chi connectivity index (χ3v) is 4.61. The lowest BCUT2D eigenvalue weighted by Gasteiger charge is -2.24. The second kappa shape index (κ2) is 7.63. The highest BCUT2D eigenvalue weighted by molar-refractivity contribution is 5.97. The Morgan fingerprint density at radius 1 is 1.25 bits per heavy atom. The fourth-order valence-electron chi connectivity index (χ4n) is 3.36. The first-order chi connectivity index (χ1) is 11.3. The average Bonchev–Trinajstić information content (AvgIpc) is 3.12. The monoisotopic (exact) mass is 339 g/mol. The maximum Gasteiger partial charge on any atom is 0.318 e. The number of likely N-dealkylation sites (tertiary alicyclic amines) is 1. The minimum Gasteiger partial charge on any atom is -0.452 e. The van der Waals surface area contributed by atoms with Crippen LogP contribution in [0.25, 0.3) is 0 Å². The number of carbonyl (C=O) groups is 4. The molecule has 0 unspecified atom stereocenters. The number of ether oxygens (including phenoxy) is 1. The highest BCUT2D eigenvalue weighted by Crippen LogP contribution is 2.30. The molecule has 4 amide bonds. The summed E-state index contributed by atoms with van der Waals surface area (Å²) in [5, 5.41) is 1.93. The molecule has 8 nitrogen and oxygen atoms in total. The van der Waals surface area contributed by atoms with Crippen LogP contribution in [-0.2, 0) is 19.1 Å². The second-order valence-corrected chi connectivity index (χ2v) is 6.84. The second-order valence-electron chi connectivity index (χ2n) is 6.84. The Morgan fingerprint density at radius 2 is 1.88 bits per heavy atom. The van der Waals surface area contributed by atoms with Crippen molar-refractivity contribution < 1.29 is 23.9 Å². The van der Waals surface area contributed by atoms with E-state index in [9.17, 15) is 19.2 Å². The lowest BCUT2D eigenvalue weighted by Crippen LogP contribution is -2.46. The fraction of sp³-hybridized carbons (Fsp3) is 0.750. The van der Waals surface area contributed by atoms with Gasteiger partial charge in [0.25, 0.3) is 5.91 Å². The average molecular weight is 339 g/mol. The number of carbonyl (C=O) groups excluding carboxylic acids is 4. The van der Waals surface area contributed by atoms with Gasteiger partial charge in [-0.15, -0.1) is 0 Å². The molecule has 2 atom stereocenters. The lowest BCUT2D eigenvalue weighted by molar-refractivity contribution is -0.162. The number of primary amides is 1. The van der Waals surface area contributed by atoms with E-state index in [-0.39, 0.29) is 24.3 Å². The molecule has 134 valence electrons. The van der Waals surface area contributed by atoms with Crippen LogP contribution in [0.15, 0.2) is 0 Å². The van der Waals surface area contributed by atoms with Crippen molar-refractivity contribution in [1.29, 1.82) is 0 Å². The van der Waals surface area contributed by atoms with Crippen molar-refractivity contribution in [1.82, 2.24) is 10.2 Å². The number of hydrogen-bond donors (Lipinski definition) is 2. The van der Waals surface area contributed by atoms with Crippen LogP contribution in [-0.4, -0.2) is 47.4 Å². The molecule has 1 aliphatic carbocycles. The quantitative estimate of drug-likeness (QED) is 0.709. The number of imide groups is 1. The van der Waals surface area contributed by atoms with Gasteiger partial charge in [0.15, 0.2) is 6.10 Å². The summed E-state index contributed by atoms with van der Waals surface area (Å²) >= 11 is 0. The summed E-state index contributed by atoms with van der Waals surface area (Å²) in [4.78, 5) is 49.0. The standard InChI is InChI=1S/C16H25N3O5/c1-9(2)13(14(21)18-16(17)23)24-15(22)10-7-12(20)19(8-10)11-5-3-4-6-11/h9-11,13H,3-8H2,1-2H3,(H3,17,18,21,23)/t10-,13+/m1/s1. The molecule has 1 heterocycles. The number of nitrogens with two attached hydrogens (primary N) is 1. The van der Waals surface area contributed by atoms with E-state index in [4.69, 9.17) is 10.5 Å². The SMILES string of the molecule is CC(C)[C@H](OC(=O)[C@@H]1CC(=O)N(C2CCCC2)C1)C(=O)NC(N)=O. The van der Waals surface area contributed by atoms with Crippen LogP contribution in [0.5, 0.6) is 0 Å². The summed E-state index contributed by atoms with van der Waals surface area (Å²) < 4.78 is 5.28. The van der Waals surface area contributed by atoms with Crippen molar-refractivity contribution in [2.45, 2.75) is 58.1 Å². The van der Waals surface area contributed by atoms with E-state index in [1.54, 1.807) is 18.7 Å². The predicted octanol–water partition coefficient (Wildman–Crippen LogP) is 0.540. The molecule has 1 saturated carbocycles. The minimum absolute atomic E-state index is 0.0356. The van der Waals surface area contributed by atoms with Gasteiger partial charge in [0, 0.05) is 19.0 Å². The summed E-state index contributed by atoms with van der Waals surface area (Å²) in [6, 6.07) is -0.778. The normalized spacial score (nSPS) is 22.7. The number of esters is 1. The number of nitrogens with one attached hydrogen (secondary N) is 1. The number of urea groups is 1. The maximum atomic E-state index is 12.4. The van der Waals surface area contributed by atoms with E-state index in [2.05, 4.69) is 0 Å². The van der Waals surface area contributed by atoms with Gasteiger partial charge in [-0.3, -0.25) is 19.7 Å². The molecule has 0 aromatic carbocycles. The Bertz CT molecular complexity index is 528. The van der Waals surface area contributed by atoms with Crippen LogP contribution >= 0.6 is 0 Å². The van der Waals surface area contributed by atoms with Gasteiger partial charge in [0.2, 0.25) is 5.91 Å². The third kappa shape index (κ3) is 4.24. The molecule has 8 heteroatoms. The smallest absolute Gasteiger partial charge is 0.318 e. The first-order valence-electron chi connectivity index (χ1n) is 8.39. The molecule has 2 rings (SSSR count). The maximum absolute atomic E-state index is 12.4. The molecule has 2 aliphatic rings. The predicted molar refractivity (Wildman–Crippen MR) is 84.5 cm³/mol. The van der Waals surface area contributed by atoms with Crippen molar-refractivity contribution in [2.75, 3.05) is 6.54 Å². The summed E-state index contributed by atoms with van der Waals surface area (Å²) in [6.07, 6.45) is 3.16. The van der Waals surface area contributed by atoms with E-state index in [0.29, 0.717) is 6.54 Å². The van der Waals surface area contributed by atoms with Crippen LogP contribution in [0.2, 0.25) is 0 Å². The van der Waals surface area contributed by atoms with Gasteiger partial charge in [-0.1, -0.05) is 26.7 Å². The summed E-state index contributed by atoms with van der Waals surface area (Å²) in [5.74, 6) is -2.26. The van der Waals surface area contributed by atoms with Crippen molar-refractivity contribution in [2.24, 2.45) is 17.6 Å². The number of amides is 4. The molecule has 1 saturated heterocycles. The van der Waals surface area contributed by atoms with E-state index in [1.165, 1.54) is 0 Å². The van der Waals surface area contributed by atoms with Crippen molar-refractivity contribution in [3.63, 3.8) is 0 Å². The number of rotatable bonds is 5. The highest BCUT2D eigenvalue weighted by atomic mass is 16.5. The molecule has 1 aliphatic heterocycles. The summed E-state index contributed by atoms with van der Waals surface area (Å²) in [7, 11) is 0. The molecule has 0 spiro atoms. The molecule has 0 aromatic rings. The number of nitrogens with zero attached hydrogens (tertiary/aromatic N) is 1. The van der Waals surface area contributed by atoms with Crippen molar-refractivity contribution in [3.8, 4) is 0 Å². The van der Waals surface area contributed by atoms with Crippen molar-refractivity contribution >= 4 is 23.8 Å². The van der Waals surface area contributed by atoms with Gasteiger partial charge in [0.05, 0.1) is 5.92 Å². The topological polar surface area (TPSA) is 119 Å². The van der Waals surface area contributed by atoms with Gasteiger partial charge < -0.3 is 15.4 Å². The van der Waals surface area contributed by atoms with Crippen LogP contribution in [0.4, 0.5) is 4.79 Å². The van der Waals surface area contributed by atoms with E-state index < -0.39 is 29.9 Å². The Balaban J connectivity index is 1.96. The molecule has 0 bridgehead atoms. The summed E-state index contributed by atoms with van der Waals surface area (Å²) in [5.41, 5.74) is 4.93. The van der Waals surface area contributed by atoms with E-state index in [1.807, 2.05) is 5.32 Å². The molecular weight excluding hydrogens is 314 g/mol. The van der Waals surface area contributed by atoms with Crippen LogP contribution < -0.4 is 11.1 Å². The molecule has 2 fully saturated rings. The molecule has 0 radical (unpaired) electrons. The van der Waals surface area contributed by atoms with Crippen LogP contribution in [0, 0.1) is 11.8 Å². The lowest BCUT2D eigenvalue weighted by atomic mass is 10.1. The zero-order chi connectivity index (χ0) is 17.9. The zero-order valence-corrected chi connectivity index (χ0v) is 14.1. The molecule has 0 aromatic heterocycles. The van der Waals surface area contributed by atoms with Crippen molar-refractivity contribution in [3.05, 3.63) is 0 Å². The molecular formula is C16H25N3O5. The Morgan fingerprint density at radius 3 is 2.42 bits per heavy atom. The highest BCUT2D eigenvalue weighted by Gasteiger charge is 2.41. The molecule has 3 N–H and O–H groups in total. The van der Waals surface area contributed by atoms with Crippen LogP contribution in [0.3, 0.4) is 0 Å². The third-order valence-electron chi connectivity index (χ3n) is 4.61. The van der Waals surface area contributed by atoms with Gasteiger partial charge in [-0.2, -0.15) is 0 Å². The molecule has 24 heavy (non-hydrogen) atoms. The minimum atomic E-state index is -1.11. The fourth-order valence-corrected chi connectivity index (χ4v) is 3.36. The van der Waals surface area contributed by atoms with Gasteiger partial charge in [0.1, 0.15) is 0 Å². The van der Waals surface area contributed by atoms with Crippen LogP contribution in [0.1, 0.15) is 46.0 Å². The number of hydrogen-bond acceptors (Lipinski definition) is 5. The van der Waals surface area contributed by atoms with E-state index in [0.717, 1.165) is 25.7 Å². The van der Waals surface area contributed by atoms with E-state index >= 15 is 0 Å². The largest absolute Gasteiger partial charge is 0.452 e.